The standard InChI is InChI=1S/C33H34F2N4O2S/c1-20-7-6-8-26(21(20)2)39-32-29(31(37-39)33(3,4)5)30(23-11-15-25(35)16-12-23)42-19-28(41)38(32)18-27(40)36-17-22-9-13-24(34)14-10-22/h6-16,30H,17-19H2,1-5H3,(H,36,40). The first-order valence-corrected chi connectivity index (χ1v) is 14.9. The van der Waals surface area contributed by atoms with Gasteiger partial charge in [0.05, 0.1) is 22.4 Å². The van der Waals surface area contributed by atoms with Gasteiger partial charge in [0, 0.05) is 17.5 Å². The van der Waals surface area contributed by atoms with E-state index in [1.54, 1.807) is 28.9 Å². The van der Waals surface area contributed by atoms with Crippen molar-refractivity contribution in [2.45, 2.75) is 51.8 Å². The average Bonchev–Trinajstić information content (AvgIpc) is 3.28. The number of rotatable bonds is 6. The number of amides is 2. The molecule has 218 valence electrons. The summed E-state index contributed by atoms with van der Waals surface area (Å²) in [5, 5.41) is 7.69. The molecule has 3 aromatic carbocycles. The Hall–Kier alpha value is -3.98. The van der Waals surface area contributed by atoms with Gasteiger partial charge in [-0.15, -0.1) is 11.8 Å². The maximum atomic E-state index is 13.9. The minimum absolute atomic E-state index is 0.123. The lowest BCUT2D eigenvalue weighted by molar-refractivity contribution is -0.123. The summed E-state index contributed by atoms with van der Waals surface area (Å²) >= 11 is 1.45. The minimum atomic E-state index is -0.407. The van der Waals surface area contributed by atoms with Crippen molar-refractivity contribution in [3.8, 4) is 5.69 Å². The number of carbonyl (C=O) groups is 2. The summed E-state index contributed by atoms with van der Waals surface area (Å²) in [5.74, 6) is -0.608. The van der Waals surface area contributed by atoms with Gasteiger partial charge in [-0.25, -0.2) is 13.5 Å². The number of thioether (sulfide) groups is 1. The number of nitrogens with one attached hydrogen (secondary N) is 1. The lowest BCUT2D eigenvalue weighted by atomic mass is 9.87. The molecule has 0 bridgehead atoms. The van der Waals surface area contributed by atoms with Crippen LogP contribution >= 0.6 is 11.8 Å². The number of aryl methyl sites for hydroxylation is 1. The van der Waals surface area contributed by atoms with Gasteiger partial charge in [0.15, 0.2) is 0 Å². The van der Waals surface area contributed by atoms with Crippen molar-refractivity contribution in [1.82, 2.24) is 15.1 Å². The van der Waals surface area contributed by atoms with E-state index < -0.39 is 5.41 Å². The largest absolute Gasteiger partial charge is 0.350 e. The molecule has 5 rings (SSSR count). The summed E-state index contributed by atoms with van der Waals surface area (Å²) in [6, 6.07) is 18.2. The van der Waals surface area contributed by atoms with Crippen molar-refractivity contribution in [3.05, 3.63) is 112 Å². The predicted octanol–water partition coefficient (Wildman–Crippen LogP) is 6.55. The lowest BCUT2D eigenvalue weighted by Gasteiger charge is -2.25. The smallest absolute Gasteiger partial charge is 0.240 e. The van der Waals surface area contributed by atoms with Crippen LogP contribution in [0.25, 0.3) is 5.69 Å². The minimum Gasteiger partial charge on any atom is -0.350 e. The second-order valence-electron chi connectivity index (χ2n) is 11.6. The van der Waals surface area contributed by atoms with E-state index in [9.17, 15) is 18.4 Å². The van der Waals surface area contributed by atoms with Gasteiger partial charge in [-0.1, -0.05) is 57.2 Å². The molecule has 1 aliphatic heterocycles. The third-order valence-corrected chi connectivity index (χ3v) is 8.74. The molecule has 0 spiro atoms. The number of benzene rings is 3. The SMILES string of the molecule is Cc1cccc(-n2nc(C(C)(C)C)c3c2N(CC(=O)NCc2ccc(F)cc2)C(=O)CSC3c2ccc(F)cc2)c1C. The number of hydrogen-bond donors (Lipinski definition) is 1. The molecule has 1 aliphatic rings. The van der Waals surface area contributed by atoms with Crippen molar-refractivity contribution in [3.63, 3.8) is 0 Å². The van der Waals surface area contributed by atoms with E-state index in [0.717, 1.165) is 39.2 Å². The van der Waals surface area contributed by atoms with Crippen LogP contribution in [-0.2, 0) is 21.5 Å². The van der Waals surface area contributed by atoms with Crippen LogP contribution in [0.1, 0.15) is 59.5 Å². The van der Waals surface area contributed by atoms with Crippen molar-refractivity contribution in [2.75, 3.05) is 17.2 Å². The third-order valence-electron chi connectivity index (χ3n) is 7.48. The zero-order valence-electron chi connectivity index (χ0n) is 24.4. The molecule has 1 N–H and O–H groups in total. The van der Waals surface area contributed by atoms with Crippen LogP contribution in [0.5, 0.6) is 0 Å². The van der Waals surface area contributed by atoms with Gasteiger partial charge < -0.3 is 5.32 Å². The Morgan fingerprint density at radius 1 is 1.00 bits per heavy atom. The third kappa shape index (κ3) is 5.97. The van der Waals surface area contributed by atoms with E-state index in [-0.39, 0.29) is 47.5 Å². The predicted molar refractivity (Wildman–Crippen MR) is 163 cm³/mol. The molecule has 1 atom stereocenters. The van der Waals surface area contributed by atoms with Crippen molar-refractivity contribution >= 4 is 29.4 Å². The van der Waals surface area contributed by atoms with Crippen LogP contribution in [0, 0.1) is 25.5 Å². The molecule has 6 nitrogen and oxygen atoms in total. The summed E-state index contributed by atoms with van der Waals surface area (Å²) < 4.78 is 29.1. The molecule has 42 heavy (non-hydrogen) atoms. The van der Waals surface area contributed by atoms with Crippen molar-refractivity contribution in [2.24, 2.45) is 0 Å². The second kappa shape index (κ2) is 11.7. The fraction of sp³-hybridized carbons (Fsp3) is 0.303. The van der Waals surface area contributed by atoms with Crippen LogP contribution in [0.4, 0.5) is 14.6 Å². The molecular formula is C33H34F2N4O2S. The zero-order chi connectivity index (χ0) is 30.2. The summed E-state index contributed by atoms with van der Waals surface area (Å²) in [7, 11) is 0. The number of hydrogen-bond acceptors (Lipinski definition) is 4. The summed E-state index contributed by atoms with van der Waals surface area (Å²) in [4.78, 5) is 28.7. The van der Waals surface area contributed by atoms with Crippen LogP contribution in [0.2, 0.25) is 0 Å². The molecule has 4 aromatic rings. The second-order valence-corrected chi connectivity index (χ2v) is 12.7. The van der Waals surface area contributed by atoms with Crippen molar-refractivity contribution < 1.29 is 18.4 Å². The van der Waals surface area contributed by atoms with E-state index in [4.69, 9.17) is 5.10 Å². The average molecular weight is 589 g/mol. The molecular weight excluding hydrogens is 554 g/mol. The van der Waals surface area contributed by atoms with Gasteiger partial charge >= 0.3 is 0 Å². The quantitative estimate of drug-likeness (QED) is 0.277. The first-order valence-electron chi connectivity index (χ1n) is 13.8. The Balaban J connectivity index is 1.66. The topological polar surface area (TPSA) is 67.2 Å². The fourth-order valence-corrected chi connectivity index (χ4v) is 6.31. The number of anilines is 1. The summed E-state index contributed by atoms with van der Waals surface area (Å²) in [6.07, 6.45) is 0. The van der Waals surface area contributed by atoms with E-state index in [1.807, 2.05) is 32.0 Å². The summed E-state index contributed by atoms with van der Waals surface area (Å²) in [5.41, 5.74) is 5.71. The molecule has 0 fully saturated rings. The van der Waals surface area contributed by atoms with E-state index in [0.29, 0.717) is 5.82 Å². The molecule has 0 radical (unpaired) electrons. The normalized spacial score (nSPS) is 15.4. The Morgan fingerprint density at radius 3 is 2.29 bits per heavy atom. The van der Waals surface area contributed by atoms with Crippen LogP contribution < -0.4 is 10.2 Å². The highest BCUT2D eigenvalue weighted by molar-refractivity contribution is 8.00. The lowest BCUT2D eigenvalue weighted by Crippen LogP contribution is -2.42. The highest BCUT2D eigenvalue weighted by atomic mass is 32.2. The first kappa shape index (κ1) is 29.5. The maximum Gasteiger partial charge on any atom is 0.240 e. The highest BCUT2D eigenvalue weighted by Crippen LogP contribution is 2.48. The molecule has 2 heterocycles. The monoisotopic (exact) mass is 588 g/mol. The molecule has 0 aliphatic carbocycles. The Labute approximate surface area is 249 Å². The molecule has 0 saturated carbocycles. The van der Waals surface area contributed by atoms with Crippen LogP contribution in [-0.4, -0.2) is 33.9 Å². The Kier molecular flexibility index (Phi) is 8.23. The van der Waals surface area contributed by atoms with E-state index >= 15 is 0 Å². The summed E-state index contributed by atoms with van der Waals surface area (Å²) in [6.45, 7) is 10.2. The molecule has 0 saturated heterocycles. The van der Waals surface area contributed by atoms with Gasteiger partial charge in [0.25, 0.3) is 0 Å². The van der Waals surface area contributed by atoms with E-state index in [1.165, 1.54) is 40.9 Å². The first-order chi connectivity index (χ1) is 19.9. The number of halogens is 2. The Morgan fingerprint density at radius 2 is 1.64 bits per heavy atom. The zero-order valence-corrected chi connectivity index (χ0v) is 25.2. The number of carbonyl (C=O) groups excluding carboxylic acids is 2. The molecule has 1 aromatic heterocycles. The van der Waals surface area contributed by atoms with Gasteiger partial charge in [0.2, 0.25) is 11.8 Å². The van der Waals surface area contributed by atoms with Gasteiger partial charge in [-0.05, 0) is 66.4 Å². The number of aromatic nitrogens is 2. The van der Waals surface area contributed by atoms with Gasteiger partial charge in [0.1, 0.15) is 24.0 Å². The number of fused-ring (bicyclic) bond motifs is 1. The highest BCUT2D eigenvalue weighted by Gasteiger charge is 2.40. The van der Waals surface area contributed by atoms with Crippen molar-refractivity contribution in [1.29, 1.82) is 0 Å². The van der Waals surface area contributed by atoms with Crippen LogP contribution in [0.15, 0.2) is 66.7 Å². The van der Waals surface area contributed by atoms with Crippen LogP contribution in [0.3, 0.4) is 0 Å². The molecule has 2 amide bonds. The van der Waals surface area contributed by atoms with E-state index in [2.05, 4.69) is 26.1 Å². The fourth-order valence-electron chi connectivity index (χ4n) is 5.11. The van der Waals surface area contributed by atoms with Gasteiger partial charge in [-0.2, -0.15) is 5.10 Å². The number of nitrogens with zero attached hydrogens (tertiary/aromatic N) is 3. The Bertz CT molecular complexity index is 1630. The van der Waals surface area contributed by atoms with Gasteiger partial charge in [-0.3, -0.25) is 14.5 Å². The molecule has 1 unspecified atom stereocenters. The maximum absolute atomic E-state index is 13.9. The molecule has 9 heteroatoms.